The molecule has 2 fully saturated rings. The zero-order valence-electron chi connectivity index (χ0n) is 25.4. The standard InChI is InChI=1S/C34H41FN2O5/c1-21-16-24(35)17-22(2)32(21)42-28-10-9-23(33(3,4)40)18-26(28)27-20-36(6)31(39)19-29(27)41-25-11-13-34(5,14-12-25)37-15-7-8-30(37)38/h9-10,16-20,25,40H,7-8,11-15H2,1-6H3/t25-,34-. The molecule has 42 heavy (non-hydrogen) atoms. The van der Waals surface area contributed by atoms with Gasteiger partial charge in [-0.05, 0) is 108 Å². The van der Waals surface area contributed by atoms with E-state index in [9.17, 15) is 19.1 Å². The van der Waals surface area contributed by atoms with Crippen LogP contribution in [-0.2, 0) is 17.4 Å². The SMILES string of the molecule is Cc1cc(F)cc(C)c1Oc1ccc(C(C)(C)O)cc1-c1cn(C)c(=O)cc1O[C@H]1CC[C@](C)(N2CCCC2=O)CC1. The molecule has 1 N–H and O–H groups in total. The number of aryl methyl sites for hydroxylation is 3. The van der Waals surface area contributed by atoms with Crippen LogP contribution < -0.4 is 15.0 Å². The average Bonchev–Trinajstić information content (AvgIpc) is 3.36. The fourth-order valence-corrected chi connectivity index (χ4v) is 6.29. The van der Waals surface area contributed by atoms with Gasteiger partial charge in [-0.3, -0.25) is 9.59 Å². The average molecular weight is 577 g/mol. The predicted octanol–water partition coefficient (Wildman–Crippen LogP) is 6.53. The minimum Gasteiger partial charge on any atom is -0.490 e. The summed E-state index contributed by atoms with van der Waals surface area (Å²) in [6.45, 7) is 9.99. The quantitative estimate of drug-likeness (QED) is 0.346. The Kier molecular flexibility index (Phi) is 7.96. The maximum absolute atomic E-state index is 14.0. The molecule has 1 aromatic heterocycles. The van der Waals surface area contributed by atoms with Gasteiger partial charge in [-0.1, -0.05) is 6.07 Å². The number of ether oxygens (including phenoxy) is 2. The first kappa shape index (κ1) is 29.8. The lowest BCUT2D eigenvalue weighted by atomic mass is 9.80. The van der Waals surface area contributed by atoms with Crippen molar-refractivity contribution in [2.45, 2.75) is 90.4 Å². The number of amides is 1. The van der Waals surface area contributed by atoms with Gasteiger partial charge in [-0.2, -0.15) is 0 Å². The van der Waals surface area contributed by atoms with E-state index in [0.717, 1.165) is 38.6 Å². The number of aromatic nitrogens is 1. The highest BCUT2D eigenvalue weighted by Crippen LogP contribution is 2.43. The van der Waals surface area contributed by atoms with E-state index >= 15 is 0 Å². The third-order valence-corrected chi connectivity index (χ3v) is 8.83. The number of pyridine rings is 1. The highest BCUT2D eigenvalue weighted by molar-refractivity contribution is 5.79. The van der Waals surface area contributed by atoms with E-state index < -0.39 is 5.60 Å². The molecule has 0 bridgehead atoms. The fraction of sp³-hybridized carbons (Fsp3) is 0.471. The van der Waals surface area contributed by atoms with Crippen LogP contribution in [-0.4, -0.2) is 38.7 Å². The summed E-state index contributed by atoms with van der Waals surface area (Å²) < 4.78 is 28.5. The van der Waals surface area contributed by atoms with Crippen molar-refractivity contribution in [3.8, 4) is 28.4 Å². The summed E-state index contributed by atoms with van der Waals surface area (Å²) in [5.74, 6) is 1.38. The lowest BCUT2D eigenvalue weighted by molar-refractivity contribution is -0.134. The smallest absolute Gasteiger partial charge is 0.254 e. The molecule has 224 valence electrons. The third kappa shape index (κ3) is 5.95. The molecule has 8 heteroatoms. The highest BCUT2D eigenvalue weighted by Gasteiger charge is 2.41. The Morgan fingerprint density at radius 2 is 1.67 bits per heavy atom. The van der Waals surface area contributed by atoms with Crippen LogP contribution in [0, 0.1) is 19.7 Å². The van der Waals surface area contributed by atoms with Gasteiger partial charge in [0.1, 0.15) is 23.1 Å². The number of likely N-dealkylation sites (tertiary alicyclic amines) is 1. The van der Waals surface area contributed by atoms with Crippen LogP contribution >= 0.6 is 0 Å². The van der Waals surface area contributed by atoms with Crippen LogP contribution in [0.5, 0.6) is 17.2 Å². The number of halogens is 1. The van der Waals surface area contributed by atoms with Crippen LogP contribution in [0.25, 0.3) is 11.1 Å². The summed E-state index contributed by atoms with van der Waals surface area (Å²) in [7, 11) is 1.68. The Balaban J connectivity index is 1.52. The summed E-state index contributed by atoms with van der Waals surface area (Å²) in [5, 5.41) is 10.8. The Bertz CT molecular complexity index is 1540. The first-order valence-corrected chi connectivity index (χ1v) is 14.7. The molecular weight excluding hydrogens is 535 g/mol. The van der Waals surface area contributed by atoms with Gasteiger partial charge in [-0.25, -0.2) is 4.39 Å². The third-order valence-electron chi connectivity index (χ3n) is 8.83. The first-order chi connectivity index (χ1) is 19.7. The lowest BCUT2D eigenvalue weighted by Crippen LogP contribution is -2.50. The van der Waals surface area contributed by atoms with Crippen LogP contribution in [0.15, 0.2) is 47.4 Å². The van der Waals surface area contributed by atoms with E-state index in [1.807, 2.05) is 11.0 Å². The Morgan fingerprint density at radius 3 is 2.26 bits per heavy atom. The summed E-state index contributed by atoms with van der Waals surface area (Å²) >= 11 is 0. The van der Waals surface area contributed by atoms with Gasteiger partial charge in [0, 0.05) is 48.9 Å². The van der Waals surface area contributed by atoms with Gasteiger partial charge in [-0.15, -0.1) is 0 Å². The molecule has 5 rings (SSSR count). The molecule has 0 spiro atoms. The first-order valence-electron chi connectivity index (χ1n) is 14.7. The molecular formula is C34H41FN2O5. The minimum atomic E-state index is -1.13. The fourth-order valence-electron chi connectivity index (χ4n) is 6.29. The van der Waals surface area contributed by atoms with Crippen molar-refractivity contribution < 1.29 is 23.8 Å². The molecule has 3 aromatic rings. The highest BCUT2D eigenvalue weighted by atomic mass is 19.1. The normalized spacial score (nSPS) is 21.1. The summed E-state index contributed by atoms with van der Waals surface area (Å²) in [6, 6.07) is 9.81. The number of benzene rings is 2. The Hall–Kier alpha value is -3.65. The maximum Gasteiger partial charge on any atom is 0.254 e. The van der Waals surface area contributed by atoms with E-state index in [1.165, 1.54) is 22.8 Å². The largest absolute Gasteiger partial charge is 0.490 e. The second-order valence-corrected chi connectivity index (χ2v) is 12.7. The monoisotopic (exact) mass is 576 g/mol. The summed E-state index contributed by atoms with van der Waals surface area (Å²) in [5.41, 5.74) is 1.77. The minimum absolute atomic E-state index is 0.120. The molecule has 1 saturated carbocycles. The van der Waals surface area contributed by atoms with E-state index in [4.69, 9.17) is 9.47 Å². The van der Waals surface area contributed by atoms with Gasteiger partial charge in [0.2, 0.25) is 5.91 Å². The summed E-state index contributed by atoms with van der Waals surface area (Å²) in [4.78, 5) is 27.3. The number of carbonyl (C=O) groups excluding carboxylic acids is 1. The molecule has 1 aliphatic heterocycles. The number of hydrogen-bond acceptors (Lipinski definition) is 5. The Labute approximate surface area is 246 Å². The van der Waals surface area contributed by atoms with Crippen molar-refractivity contribution >= 4 is 5.91 Å². The molecule has 1 saturated heterocycles. The lowest BCUT2D eigenvalue weighted by Gasteiger charge is -2.44. The molecule has 2 heterocycles. The number of hydrogen-bond donors (Lipinski definition) is 1. The molecule has 0 radical (unpaired) electrons. The van der Waals surface area contributed by atoms with Crippen molar-refractivity contribution in [1.29, 1.82) is 0 Å². The van der Waals surface area contributed by atoms with Crippen LogP contribution in [0.1, 0.15) is 76.0 Å². The molecule has 2 aromatic carbocycles. The topological polar surface area (TPSA) is 81.0 Å². The Morgan fingerprint density at radius 1 is 1.00 bits per heavy atom. The molecule has 0 atom stereocenters. The zero-order chi connectivity index (χ0) is 30.4. The van der Waals surface area contributed by atoms with Gasteiger partial charge in [0.15, 0.2) is 0 Å². The second kappa shape index (κ2) is 11.2. The van der Waals surface area contributed by atoms with Crippen molar-refractivity contribution in [3.63, 3.8) is 0 Å². The molecule has 2 aliphatic rings. The van der Waals surface area contributed by atoms with E-state index in [1.54, 1.807) is 53.1 Å². The van der Waals surface area contributed by atoms with Gasteiger partial charge >= 0.3 is 0 Å². The van der Waals surface area contributed by atoms with E-state index in [-0.39, 0.29) is 28.9 Å². The number of carbonyl (C=O) groups is 1. The van der Waals surface area contributed by atoms with Gasteiger partial charge in [0.05, 0.1) is 11.7 Å². The van der Waals surface area contributed by atoms with Crippen LogP contribution in [0.4, 0.5) is 4.39 Å². The van der Waals surface area contributed by atoms with E-state index in [0.29, 0.717) is 51.5 Å². The number of rotatable bonds is 7. The molecule has 7 nitrogen and oxygen atoms in total. The van der Waals surface area contributed by atoms with Gasteiger partial charge < -0.3 is 24.0 Å². The van der Waals surface area contributed by atoms with Crippen molar-refractivity contribution in [2.75, 3.05) is 6.54 Å². The molecule has 1 aliphatic carbocycles. The zero-order valence-corrected chi connectivity index (χ0v) is 25.4. The van der Waals surface area contributed by atoms with Crippen molar-refractivity contribution in [1.82, 2.24) is 9.47 Å². The second-order valence-electron chi connectivity index (χ2n) is 12.7. The van der Waals surface area contributed by atoms with Gasteiger partial charge in [0.25, 0.3) is 5.56 Å². The number of nitrogens with zero attached hydrogens (tertiary/aromatic N) is 2. The molecule has 0 unspecified atom stereocenters. The predicted molar refractivity (Wildman–Crippen MR) is 161 cm³/mol. The molecule has 1 amide bonds. The van der Waals surface area contributed by atoms with E-state index in [2.05, 4.69) is 6.92 Å². The van der Waals surface area contributed by atoms with Crippen molar-refractivity contribution in [2.24, 2.45) is 7.05 Å². The number of aliphatic hydroxyl groups is 1. The maximum atomic E-state index is 14.0. The van der Waals surface area contributed by atoms with Crippen molar-refractivity contribution in [3.05, 3.63) is 75.5 Å². The van der Waals surface area contributed by atoms with Crippen LogP contribution in [0.2, 0.25) is 0 Å². The van der Waals surface area contributed by atoms with Crippen LogP contribution in [0.3, 0.4) is 0 Å². The summed E-state index contributed by atoms with van der Waals surface area (Å²) in [6.07, 6.45) is 6.32.